The molecule has 1 heterocycles. The van der Waals surface area contributed by atoms with Crippen LogP contribution in [-0.2, 0) is 14.8 Å². The lowest BCUT2D eigenvalue weighted by atomic mass is 10.3. The third-order valence-corrected chi connectivity index (χ3v) is 3.98. The van der Waals surface area contributed by atoms with Crippen LogP contribution >= 0.6 is 11.6 Å². The van der Waals surface area contributed by atoms with E-state index in [4.69, 9.17) is 16.3 Å². The van der Waals surface area contributed by atoms with Crippen LogP contribution in [0.5, 0.6) is 0 Å². The van der Waals surface area contributed by atoms with Crippen LogP contribution in [0.3, 0.4) is 0 Å². The average molecular weight is 228 g/mol. The molecular weight excluding hydrogens is 214 g/mol. The fraction of sp³-hybridized carbons (Fsp3) is 1.00. The van der Waals surface area contributed by atoms with Crippen molar-refractivity contribution in [1.82, 2.24) is 4.72 Å². The summed E-state index contributed by atoms with van der Waals surface area (Å²) in [5.41, 5.74) is 0. The Kier molecular flexibility index (Phi) is 3.97. The second kappa shape index (κ2) is 4.59. The van der Waals surface area contributed by atoms with E-state index in [9.17, 15) is 8.42 Å². The average Bonchev–Trinajstić information content (AvgIpc) is 1.96. The summed E-state index contributed by atoms with van der Waals surface area (Å²) in [7, 11) is -3.17. The van der Waals surface area contributed by atoms with Crippen molar-refractivity contribution in [2.45, 2.75) is 13.0 Å². The first-order chi connectivity index (χ1) is 6.03. The smallest absolute Gasteiger partial charge is 0.212 e. The molecule has 1 aliphatic rings. The van der Waals surface area contributed by atoms with Crippen molar-refractivity contribution in [2.75, 3.05) is 24.8 Å². The van der Waals surface area contributed by atoms with Crippen LogP contribution in [0.25, 0.3) is 0 Å². The maximum absolute atomic E-state index is 11.4. The number of hydrogen-bond acceptors (Lipinski definition) is 3. The maximum atomic E-state index is 11.4. The lowest BCUT2D eigenvalue weighted by molar-refractivity contribution is 0.00480. The number of rotatable bonds is 5. The van der Waals surface area contributed by atoms with Gasteiger partial charge < -0.3 is 4.74 Å². The zero-order chi connectivity index (χ0) is 9.90. The van der Waals surface area contributed by atoms with Gasteiger partial charge >= 0.3 is 0 Å². The lowest BCUT2D eigenvalue weighted by Gasteiger charge is -2.26. The normalized spacial score (nSPS) is 21.1. The van der Waals surface area contributed by atoms with Gasteiger partial charge in [0.15, 0.2) is 0 Å². The molecule has 0 saturated carbocycles. The van der Waals surface area contributed by atoms with E-state index in [2.05, 4.69) is 4.72 Å². The summed E-state index contributed by atoms with van der Waals surface area (Å²) in [6.45, 7) is 2.77. The van der Waals surface area contributed by atoms with Crippen LogP contribution in [0, 0.1) is 5.92 Å². The first-order valence-corrected chi connectivity index (χ1v) is 6.36. The Morgan fingerprint density at radius 3 is 2.62 bits per heavy atom. The lowest BCUT2D eigenvalue weighted by Crippen LogP contribution is -2.49. The number of ether oxygens (including phenoxy) is 1. The van der Waals surface area contributed by atoms with Crippen molar-refractivity contribution >= 4 is 21.6 Å². The van der Waals surface area contributed by atoms with E-state index in [1.54, 1.807) is 0 Å². The van der Waals surface area contributed by atoms with Gasteiger partial charge in [0.05, 0.1) is 25.0 Å². The van der Waals surface area contributed by atoms with Crippen LogP contribution in [-0.4, -0.2) is 39.3 Å². The van der Waals surface area contributed by atoms with Crippen molar-refractivity contribution in [3.8, 4) is 0 Å². The summed E-state index contributed by atoms with van der Waals surface area (Å²) in [5.74, 6) is 0.440. The number of nitrogens with one attached hydrogen (secondary N) is 1. The highest BCUT2D eigenvalue weighted by Gasteiger charge is 2.25. The Labute approximate surface area is 83.7 Å². The van der Waals surface area contributed by atoms with Crippen molar-refractivity contribution < 1.29 is 13.2 Å². The number of sulfonamides is 1. The van der Waals surface area contributed by atoms with Gasteiger partial charge in [-0.1, -0.05) is 6.92 Å². The van der Waals surface area contributed by atoms with Gasteiger partial charge in [-0.25, -0.2) is 13.1 Å². The van der Waals surface area contributed by atoms with Gasteiger partial charge in [-0.3, -0.25) is 0 Å². The molecule has 6 heteroatoms. The fourth-order valence-electron chi connectivity index (χ4n) is 1.02. The predicted octanol–water partition coefficient (Wildman–Crippen LogP) is 0.179. The van der Waals surface area contributed by atoms with Crippen LogP contribution in [0.15, 0.2) is 0 Å². The van der Waals surface area contributed by atoms with E-state index in [0.717, 1.165) is 0 Å². The molecule has 1 aliphatic heterocycles. The van der Waals surface area contributed by atoms with Crippen LogP contribution in [0.4, 0.5) is 0 Å². The Balaban J connectivity index is 2.36. The molecule has 1 saturated heterocycles. The largest absolute Gasteiger partial charge is 0.378 e. The molecule has 0 spiro atoms. The third-order valence-electron chi connectivity index (χ3n) is 1.75. The topological polar surface area (TPSA) is 55.4 Å². The Bertz CT molecular complexity index is 238. The quantitative estimate of drug-likeness (QED) is 0.682. The molecule has 0 aromatic carbocycles. The standard InChI is InChI=1S/C7H14ClNO3S/c1-6(2-8)5-13(10,11)9-7-3-12-4-7/h6-7,9H,2-5H2,1H3. The molecule has 1 atom stereocenters. The van der Waals surface area contributed by atoms with E-state index < -0.39 is 10.0 Å². The molecule has 1 N–H and O–H groups in total. The minimum atomic E-state index is -3.17. The molecule has 0 aromatic heterocycles. The summed E-state index contributed by atoms with van der Waals surface area (Å²) in [6.07, 6.45) is 0. The molecule has 4 nitrogen and oxygen atoms in total. The maximum Gasteiger partial charge on any atom is 0.212 e. The van der Waals surface area contributed by atoms with E-state index >= 15 is 0 Å². The summed E-state index contributed by atoms with van der Waals surface area (Å²) in [4.78, 5) is 0. The van der Waals surface area contributed by atoms with Crippen LogP contribution in [0.1, 0.15) is 6.92 Å². The van der Waals surface area contributed by atoms with Gasteiger partial charge in [-0.05, 0) is 5.92 Å². The highest BCUT2D eigenvalue weighted by Crippen LogP contribution is 2.06. The van der Waals surface area contributed by atoms with Crippen molar-refractivity contribution in [1.29, 1.82) is 0 Å². The SMILES string of the molecule is CC(CCl)CS(=O)(=O)NC1COC1. The van der Waals surface area contributed by atoms with E-state index in [-0.39, 0.29) is 17.7 Å². The van der Waals surface area contributed by atoms with Crippen molar-refractivity contribution in [3.05, 3.63) is 0 Å². The second-order valence-corrected chi connectivity index (χ2v) is 5.50. The first-order valence-electron chi connectivity index (χ1n) is 4.17. The molecule has 0 aliphatic carbocycles. The predicted molar refractivity (Wildman–Crippen MR) is 51.4 cm³/mol. The van der Waals surface area contributed by atoms with Gasteiger partial charge in [-0.2, -0.15) is 0 Å². The molecule has 78 valence electrons. The van der Waals surface area contributed by atoms with E-state index in [0.29, 0.717) is 19.1 Å². The first kappa shape index (κ1) is 11.2. The van der Waals surface area contributed by atoms with E-state index in [1.807, 2.05) is 6.92 Å². The summed E-state index contributed by atoms with van der Waals surface area (Å²) < 4.78 is 30.2. The minimum Gasteiger partial charge on any atom is -0.378 e. The third kappa shape index (κ3) is 3.81. The summed E-state index contributed by atoms with van der Waals surface area (Å²) in [6, 6.07) is -0.0347. The van der Waals surface area contributed by atoms with Gasteiger partial charge in [0.2, 0.25) is 10.0 Å². The monoisotopic (exact) mass is 227 g/mol. The summed E-state index contributed by atoms with van der Waals surface area (Å²) >= 11 is 5.53. The van der Waals surface area contributed by atoms with Gasteiger partial charge in [-0.15, -0.1) is 11.6 Å². The van der Waals surface area contributed by atoms with Gasteiger partial charge in [0, 0.05) is 5.88 Å². The second-order valence-electron chi connectivity index (χ2n) is 3.39. The van der Waals surface area contributed by atoms with E-state index in [1.165, 1.54) is 0 Å². The summed E-state index contributed by atoms with van der Waals surface area (Å²) in [5, 5.41) is 0. The molecule has 0 radical (unpaired) electrons. The molecule has 0 bridgehead atoms. The Hall–Kier alpha value is 0.160. The van der Waals surface area contributed by atoms with Crippen LogP contribution in [0.2, 0.25) is 0 Å². The Morgan fingerprint density at radius 2 is 2.23 bits per heavy atom. The molecule has 1 rings (SSSR count). The minimum absolute atomic E-state index is 0.0137. The molecule has 1 fully saturated rings. The van der Waals surface area contributed by atoms with Crippen LogP contribution < -0.4 is 4.72 Å². The number of halogens is 1. The fourth-order valence-corrected chi connectivity index (χ4v) is 2.87. The molecule has 13 heavy (non-hydrogen) atoms. The highest BCUT2D eigenvalue weighted by atomic mass is 35.5. The molecule has 0 amide bonds. The molecular formula is C7H14ClNO3S. The zero-order valence-electron chi connectivity index (χ0n) is 7.49. The zero-order valence-corrected chi connectivity index (χ0v) is 9.07. The number of hydrogen-bond donors (Lipinski definition) is 1. The molecule has 0 aromatic rings. The van der Waals surface area contributed by atoms with Gasteiger partial charge in [0.1, 0.15) is 0 Å². The highest BCUT2D eigenvalue weighted by molar-refractivity contribution is 7.89. The number of alkyl halides is 1. The molecule has 1 unspecified atom stereocenters. The van der Waals surface area contributed by atoms with Crippen molar-refractivity contribution in [3.63, 3.8) is 0 Å². The van der Waals surface area contributed by atoms with Crippen molar-refractivity contribution in [2.24, 2.45) is 5.92 Å². The van der Waals surface area contributed by atoms with Gasteiger partial charge in [0.25, 0.3) is 0 Å². The Morgan fingerprint density at radius 1 is 1.62 bits per heavy atom.